The van der Waals surface area contributed by atoms with Gasteiger partial charge in [0.05, 0.1) is 11.8 Å². The molecule has 1 aliphatic carbocycles. The molecule has 0 bridgehead atoms. The lowest BCUT2D eigenvalue weighted by atomic mass is 9.64. The van der Waals surface area contributed by atoms with Gasteiger partial charge in [0.25, 0.3) is 0 Å². The van der Waals surface area contributed by atoms with Crippen molar-refractivity contribution in [3.63, 3.8) is 0 Å². The van der Waals surface area contributed by atoms with Crippen LogP contribution >= 0.6 is 0 Å². The fraction of sp³-hybridized carbons (Fsp3) is 0.800. The highest BCUT2D eigenvalue weighted by atomic mass is 16.3. The van der Waals surface area contributed by atoms with Crippen molar-refractivity contribution in [2.24, 2.45) is 11.3 Å². The van der Waals surface area contributed by atoms with E-state index in [-0.39, 0.29) is 0 Å². The topological polar surface area (TPSA) is 38.0 Å². The summed E-state index contributed by atoms with van der Waals surface area (Å²) in [6.45, 7) is 9.82. The summed E-state index contributed by atoms with van der Waals surface area (Å²) >= 11 is 0. The smallest absolute Gasteiger partial charge is 0.0952 e. The van der Waals surface area contributed by atoms with Crippen molar-refractivity contribution in [1.29, 1.82) is 0 Å². The summed E-state index contributed by atoms with van der Waals surface area (Å²) in [5, 5.41) is 15.3. The van der Waals surface area contributed by atoms with Crippen molar-refractivity contribution >= 4 is 0 Å². The molecule has 0 aromatic carbocycles. The SMILES string of the molecule is CCCn1cc(C2(O)CCC(C)(C)CC2C)cn1. The quantitative estimate of drug-likeness (QED) is 0.893. The zero-order valence-electron chi connectivity index (χ0n) is 12.1. The van der Waals surface area contributed by atoms with Crippen molar-refractivity contribution in [3.05, 3.63) is 18.0 Å². The van der Waals surface area contributed by atoms with Gasteiger partial charge in [-0.3, -0.25) is 4.68 Å². The molecule has 0 radical (unpaired) electrons. The van der Waals surface area contributed by atoms with Gasteiger partial charge < -0.3 is 5.11 Å². The van der Waals surface area contributed by atoms with Crippen LogP contribution in [0.25, 0.3) is 0 Å². The van der Waals surface area contributed by atoms with E-state index in [1.54, 1.807) is 0 Å². The van der Waals surface area contributed by atoms with Crippen LogP contribution in [0.1, 0.15) is 58.9 Å². The Labute approximate surface area is 110 Å². The Hall–Kier alpha value is -0.830. The minimum Gasteiger partial charge on any atom is -0.385 e. The van der Waals surface area contributed by atoms with E-state index >= 15 is 0 Å². The second kappa shape index (κ2) is 4.69. The lowest BCUT2D eigenvalue weighted by Gasteiger charge is -2.44. The molecule has 1 saturated carbocycles. The third-order valence-corrected chi connectivity index (χ3v) is 4.44. The van der Waals surface area contributed by atoms with Gasteiger partial charge in [-0.05, 0) is 37.0 Å². The third kappa shape index (κ3) is 2.46. The summed E-state index contributed by atoms with van der Waals surface area (Å²) in [4.78, 5) is 0. The molecule has 1 aromatic heterocycles. The number of aliphatic hydroxyl groups is 1. The molecular formula is C15H26N2O. The zero-order valence-corrected chi connectivity index (χ0v) is 12.1. The number of aryl methyl sites for hydroxylation is 1. The lowest BCUT2D eigenvalue weighted by Crippen LogP contribution is -2.41. The van der Waals surface area contributed by atoms with Crippen LogP contribution in [0.4, 0.5) is 0 Å². The van der Waals surface area contributed by atoms with Crippen LogP contribution < -0.4 is 0 Å². The first-order chi connectivity index (χ1) is 8.37. The molecule has 0 saturated heterocycles. The Morgan fingerprint density at radius 3 is 2.78 bits per heavy atom. The second-order valence-electron chi connectivity index (χ2n) is 6.69. The molecule has 3 heteroatoms. The van der Waals surface area contributed by atoms with Crippen LogP contribution in [0.5, 0.6) is 0 Å². The molecule has 2 rings (SSSR count). The highest BCUT2D eigenvalue weighted by molar-refractivity contribution is 5.18. The molecule has 2 atom stereocenters. The van der Waals surface area contributed by atoms with Gasteiger partial charge in [-0.2, -0.15) is 5.10 Å². The molecule has 0 aliphatic heterocycles. The number of hydrogen-bond acceptors (Lipinski definition) is 2. The van der Waals surface area contributed by atoms with Crippen LogP contribution in [0, 0.1) is 11.3 Å². The standard InChI is InChI=1S/C15H26N2O/c1-5-8-17-11-13(10-16-17)15(18)7-6-14(3,4)9-12(15)2/h10-12,18H,5-9H2,1-4H3. The van der Waals surface area contributed by atoms with Crippen molar-refractivity contribution in [2.75, 3.05) is 0 Å². The molecule has 3 nitrogen and oxygen atoms in total. The van der Waals surface area contributed by atoms with Crippen molar-refractivity contribution in [1.82, 2.24) is 9.78 Å². The predicted molar refractivity (Wildman–Crippen MR) is 73.2 cm³/mol. The van der Waals surface area contributed by atoms with Gasteiger partial charge in [-0.1, -0.05) is 27.7 Å². The summed E-state index contributed by atoms with van der Waals surface area (Å²) < 4.78 is 1.94. The molecule has 0 amide bonds. The number of aromatic nitrogens is 2. The predicted octanol–water partition coefficient (Wildman–Crippen LogP) is 3.33. The fourth-order valence-corrected chi connectivity index (χ4v) is 3.24. The monoisotopic (exact) mass is 250 g/mol. The average Bonchev–Trinajstić information content (AvgIpc) is 2.73. The molecule has 1 N–H and O–H groups in total. The summed E-state index contributed by atoms with van der Waals surface area (Å²) in [6.07, 6.45) is 7.94. The first-order valence-corrected chi connectivity index (χ1v) is 7.13. The van der Waals surface area contributed by atoms with Crippen LogP contribution in [0.15, 0.2) is 12.4 Å². The molecule has 2 unspecified atom stereocenters. The molecule has 1 heterocycles. The highest BCUT2D eigenvalue weighted by Crippen LogP contribution is 2.48. The summed E-state index contributed by atoms with van der Waals surface area (Å²) in [6, 6.07) is 0. The normalized spacial score (nSPS) is 31.5. The van der Waals surface area contributed by atoms with Gasteiger partial charge in [-0.15, -0.1) is 0 Å². The summed E-state index contributed by atoms with van der Waals surface area (Å²) in [5.41, 5.74) is 0.672. The molecule has 102 valence electrons. The molecule has 1 fully saturated rings. The van der Waals surface area contributed by atoms with Gasteiger partial charge in [-0.25, -0.2) is 0 Å². The van der Waals surface area contributed by atoms with Gasteiger partial charge in [0.1, 0.15) is 0 Å². The van der Waals surface area contributed by atoms with E-state index in [0.717, 1.165) is 37.8 Å². The van der Waals surface area contributed by atoms with Gasteiger partial charge >= 0.3 is 0 Å². The second-order valence-corrected chi connectivity index (χ2v) is 6.69. The van der Waals surface area contributed by atoms with Crippen molar-refractivity contribution in [2.45, 2.75) is 65.5 Å². The van der Waals surface area contributed by atoms with E-state index < -0.39 is 5.60 Å². The van der Waals surface area contributed by atoms with Crippen LogP contribution in [-0.2, 0) is 12.1 Å². The maximum atomic E-state index is 11.0. The van der Waals surface area contributed by atoms with Crippen molar-refractivity contribution < 1.29 is 5.11 Å². The van der Waals surface area contributed by atoms with Crippen LogP contribution in [-0.4, -0.2) is 14.9 Å². The fourth-order valence-electron chi connectivity index (χ4n) is 3.24. The maximum absolute atomic E-state index is 11.0. The minimum atomic E-state index is -0.679. The number of nitrogens with zero attached hydrogens (tertiary/aromatic N) is 2. The van der Waals surface area contributed by atoms with Gasteiger partial charge in [0.2, 0.25) is 0 Å². The van der Waals surface area contributed by atoms with E-state index in [1.807, 2.05) is 17.1 Å². The van der Waals surface area contributed by atoms with Crippen LogP contribution in [0.2, 0.25) is 0 Å². The number of hydrogen-bond donors (Lipinski definition) is 1. The Kier molecular flexibility index (Phi) is 3.54. The zero-order chi connectivity index (χ0) is 13.4. The Morgan fingerprint density at radius 1 is 1.44 bits per heavy atom. The van der Waals surface area contributed by atoms with Gasteiger partial charge in [0, 0.05) is 18.3 Å². The molecule has 0 spiro atoms. The minimum absolute atomic E-state index is 0.292. The maximum Gasteiger partial charge on any atom is 0.0952 e. The first kappa shape index (κ1) is 13.6. The largest absolute Gasteiger partial charge is 0.385 e. The van der Waals surface area contributed by atoms with Crippen molar-refractivity contribution in [3.8, 4) is 0 Å². The summed E-state index contributed by atoms with van der Waals surface area (Å²) in [5.74, 6) is 0.292. The Bertz CT molecular complexity index is 410. The Morgan fingerprint density at radius 2 is 2.17 bits per heavy atom. The van der Waals surface area contributed by atoms with E-state index in [1.165, 1.54) is 0 Å². The van der Waals surface area contributed by atoms with E-state index in [0.29, 0.717) is 11.3 Å². The Balaban J connectivity index is 2.20. The molecular weight excluding hydrogens is 224 g/mol. The number of rotatable bonds is 3. The lowest BCUT2D eigenvalue weighted by molar-refractivity contribution is -0.0770. The van der Waals surface area contributed by atoms with Gasteiger partial charge in [0.15, 0.2) is 0 Å². The first-order valence-electron chi connectivity index (χ1n) is 7.13. The van der Waals surface area contributed by atoms with E-state index in [4.69, 9.17) is 0 Å². The molecule has 1 aromatic rings. The highest BCUT2D eigenvalue weighted by Gasteiger charge is 2.44. The third-order valence-electron chi connectivity index (χ3n) is 4.44. The van der Waals surface area contributed by atoms with E-state index in [9.17, 15) is 5.11 Å². The molecule has 1 aliphatic rings. The summed E-state index contributed by atoms with van der Waals surface area (Å²) in [7, 11) is 0. The molecule has 18 heavy (non-hydrogen) atoms. The van der Waals surface area contributed by atoms with Crippen LogP contribution in [0.3, 0.4) is 0 Å². The average molecular weight is 250 g/mol. The van der Waals surface area contributed by atoms with E-state index in [2.05, 4.69) is 32.8 Å².